The van der Waals surface area contributed by atoms with Gasteiger partial charge in [-0.3, -0.25) is 4.99 Å². The molecule has 0 aromatic heterocycles. The first-order valence-corrected chi connectivity index (χ1v) is 14.5. The average Bonchev–Trinajstić information content (AvgIpc) is 3.04. The van der Waals surface area contributed by atoms with Gasteiger partial charge < -0.3 is 10.1 Å². The smallest absolute Gasteiger partial charge is 0.145 e. The van der Waals surface area contributed by atoms with E-state index < -0.39 is 0 Å². The summed E-state index contributed by atoms with van der Waals surface area (Å²) in [6.45, 7) is 4.58. The van der Waals surface area contributed by atoms with Crippen molar-refractivity contribution in [1.82, 2.24) is 0 Å². The van der Waals surface area contributed by atoms with Crippen LogP contribution in [0.15, 0.2) is 138 Å². The summed E-state index contributed by atoms with van der Waals surface area (Å²) < 4.78 is 6.38. The molecule has 6 aromatic rings. The summed E-state index contributed by atoms with van der Waals surface area (Å²) in [7, 11) is 0. The second-order valence-corrected chi connectivity index (χ2v) is 11.6. The van der Waals surface area contributed by atoms with Crippen LogP contribution in [0.2, 0.25) is 0 Å². The zero-order valence-electron chi connectivity index (χ0n) is 23.6. The fourth-order valence-corrected chi connectivity index (χ4v) is 6.67. The molecule has 3 nitrogen and oxygen atoms in total. The molecule has 1 unspecified atom stereocenters. The van der Waals surface area contributed by atoms with Crippen LogP contribution in [-0.2, 0) is 5.41 Å². The molecule has 2 aliphatic rings. The van der Waals surface area contributed by atoms with Gasteiger partial charge in [0, 0.05) is 33.4 Å². The van der Waals surface area contributed by atoms with E-state index in [-0.39, 0.29) is 11.6 Å². The Balaban J connectivity index is 1.20. The summed E-state index contributed by atoms with van der Waals surface area (Å²) in [6, 6.07) is 47.1. The molecular formula is C39H30N2O. The van der Waals surface area contributed by atoms with Gasteiger partial charge >= 0.3 is 0 Å². The SMILES string of the molecule is CC1(C)c2ccccc2Oc2cccc(-c3ccc(C4N=C(c5cccc6ccccc56)c5ccccc5N4)cc3)c21. The average molecular weight is 543 g/mol. The quantitative estimate of drug-likeness (QED) is 0.241. The summed E-state index contributed by atoms with van der Waals surface area (Å²) in [5.41, 5.74) is 10.1. The molecule has 202 valence electrons. The van der Waals surface area contributed by atoms with Crippen molar-refractivity contribution in [2.24, 2.45) is 4.99 Å². The van der Waals surface area contributed by atoms with Gasteiger partial charge in [0.25, 0.3) is 0 Å². The minimum absolute atomic E-state index is 0.189. The second-order valence-electron chi connectivity index (χ2n) is 11.6. The highest BCUT2D eigenvalue weighted by atomic mass is 16.5. The van der Waals surface area contributed by atoms with Gasteiger partial charge in [-0.05, 0) is 45.7 Å². The highest BCUT2D eigenvalue weighted by Gasteiger charge is 2.36. The van der Waals surface area contributed by atoms with Crippen LogP contribution in [0.3, 0.4) is 0 Å². The third kappa shape index (κ3) is 3.85. The molecule has 6 aromatic carbocycles. The van der Waals surface area contributed by atoms with Crippen LogP contribution in [0.4, 0.5) is 5.69 Å². The minimum Gasteiger partial charge on any atom is -0.457 e. The fourth-order valence-electron chi connectivity index (χ4n) is 6.67. The molecule has 3 heteroatoms. The van der Waals surface area contributed by atoms with Crippen LogP contribution < -0.4 is 10.1 Å². The van der Waals surface area contributed by atoms with Crippen molar-refractivity contribution in [3.8, 4) is 22.6 Å². The maximum Gasteiger partial charge on any atom is 0.145 e. The monoisotopic (exact) mass is 542 g/mol. The standard InChI is InChI=1S/C39H30N2O/c1-39(2)32-17-6-8-19-34(32)42-35-20-10-15-29(36(35)39)26-21-23-27(24-22-26)38-40-33-18-7-5-14-31(33)37(41-38)30-16-9-12-25-11-3-4-13-28(25)30/h3-24,38,40H,1-2H3. The lowest BCUT2D eigenvalue weighted by molar-refractivity contribution is 0.419. The molecule has 0 bridgehead atoms. The molecule has 8 rings (SSSR count). The first kappa shape index (κ1) is 24.6. The molecule has 1 atom stereocenters. The van der Waals surface area contributed by atoms with Gasteiger partial charge in [0.2, 0.25) is 0 Å². The number of nitrogens with zero attached hydrogens (tertiary/aromatic N) is 1. The van der Waals surface area contributed by atoms with Crippen molar-refractivity contribution in [1.29, 1.82) is 0 Å². The molecule has 0 spiro atoms. The van der Waals surface area contributed by atoms with Crippen LogP contribution in [0, 0.1) is 0 Å². The van der Waals surface area contributed by atoms with E-state index in [1.165, 1.54) is 33.0 Å². The third-order valence-corrected chi connectivity index (χ3v) is 8.75. The predicted octanol–water partition coefficient (Wildman–Crippen LogP) is 9.90. The van der Waals surface area contributed by atoms with Gasteiger partial charge in [0.1, 0.15) is 17.7 Å². The highest BCUT2D eigenvalue weighted by molar-refractivity contribution is 6.22. The number of aliphatic imine (C=N–C) groups is 1. The van der Waals surface area contributed by atoms with E-state index in [1.54, 1.807) is 0 Å². The Bertz CT molecular complexity index is 2010. The van der Waals surface area contributed by atoms with Crippen molar-refractivity contribution in [2.75, 3.05) is 5.32 Å². The number of ether oxygens (including phenoxy) is 1. The number of benzene rings is 6. The van der Waals surface area contributed by atoms with Gasteiger partial charge in [0.15, 0.2) is 0 Å². The summed E-state index contributed by atoms with van der Waals surface area (Å²) >= 11 is 0. The van der Waals surface area contributed by atoms with Gasteiger partial charge in [-0.2, -0.15) is 0 Å². The van der Waals surface area contributed by atoms with Crippen molar-refractivity contribution in [2.45, 2.75) is 25.4 Å². The Morgan fingerprint density at radius 2 is 1.29 bits per heavy atom. The summed E-state index contributed by atoms with van der Waals surface area (Å²) in [4.78, 5) is 5.32. The summed E-state index contributed by atoms with van der Waals surface area (Å²) in [6.07, 6.45) is -0.195. The summed E-state index contributed by atoms with van der Waals surface area (Å²) in [5.74, 6) is 1.86. The van der Waals surface area contributed by atoms with E-state index >= 15 is 0 Å². The molecule has 0 saturated carbocycles. The Kier molecular flexibility index (Phi) is 5.55. The van der Waals surface area contributed by atoms with Crippen molar-refractivity contribution in [3.05, 3.63) is 161 Å². The minimum atomic E-state index is -0.195. The van der Waals surface area contributed by atoms with E-state index in [2.05, 4.69) is 147 Å². The lowest BCUT2D eigenvalue weighted by atomic mass is 9.73. The van der Waals surface area contributed by atoms with Crippen LogP contribution in [-0.4, -0.2) is 5.71 Å². The number of rotatable bonds is 3. The molecular weight excluding hydrogens is 512 g/mol. The van der Waals surface area contributed by atoms with Gasteiger partial charge in [-0.1, -0.05) is 129 Å². The van der Waals surface area contributed by atoms with Gasteiger partial charge in [-0.25, -0.2) is 0 Å². The highest BCUT2D eigenvalue weighted by Crippen LogP contribution is 2.51. The van der Waals surface area contributed by atoms with Crippen LogP contribution in [0.1, 0.15) is 47.8 Å². The van der Waals surface area contributed by atoms with E-state index in [0.29, 0.717) is 0 Å². The van der Waals surface area contributed by atoms with Crippen LogP contribution in [0.25, 0.3) is 21.9 Å². The molecule has 0 saturated heterocycles. The van der Waals surface area contributed by atoms with Crippen LogP contribution >= 0.6 is 0 Å². The topological polar surface area (TPSA) is 33.6 Å². The number of para-hydroxylation sites is 2. The number of fused-ring (bicyclic) bond motifs is 4. The van der Waals surface area contributed by atoms with E-state index in [0.717, 1.165) is 39.6 Å². The maximum atomic E-state index is 6.38. The largest absolute Gasteiger partial charge is 0.457 e. The molecule has 2 aliphatic heterocycles. The number of hydrogen-bond donors (Lipinski definition) is 1. The second kappa shape index (κ2) is 9.46. The molecule has 0 amide bonds. The molecule has 2 heterocycles. The zero-order valence-corrected chi connectivity index (χ0v) is 23.6. The van der Waals surface area contributed by atoms with Crippen molar-refractivity contribution in [3.63, 3.8) is 0 Å². The van der Waals surface area contributed by atoms with E-state index in [9.17, 15) is 0 Å². The Morgan fingerprint density at radius 1 is 0.619 bits per heavy atom. The number of anilines is 1. The lowest BCUT2D eigenvalue weighted by Gasteiger charge is -2.36. The third-order valence-electron chi connectivity index (χ3n) is 8.75. The Morgan fingerprint density at radius 3 is 2.19 bits per heavy atom. The Hall–Kier alpha value is -5.15. The number of nitrogens with one attached hydrogen (secondary N) is 1. The molecule has 0 aliphatic carbocycles. The first-order valence-electron chi connectivity index (χ1n) is 14.5. The predicted molar refractivity (Wildman–Crippen MR) is 173 cm³/mol. The molecule has 42 heavy (non-hydrogen) atoms. The van der Waals surface area contributed by atoms with Gasteiger partial charge in [-0.15, -0.1) is 0 Å². The van der Waals surface area contributed by atoms with E-state index in [1.807, 2.05) is 6.07 Å². The normalized spacial score (nSPS) is 16.3. The molecule has 0 radical (unpaired) electrons. The fraction of sp³-hybridized carbons (Fsp3) is 0.103. The Labute approximate surface area is 246 Å². The maximum absolute atomic E-state index is 6.38. The molecule has 0 fully saturated rings. The van der Waals surface area contributed by atoms with Gasteiger partial charge in [0.05, 0.1) is 5.71 Å². The van der Waals surface area contributed by atoms with E-state index in [4.69, 9.17) is 9.73 Å². The number of hydrogen-bond acceptors (Lipinski definition) is 3. The van der Waals surface area contributed by atoms with Crippen molar-refractivity contribution >= 4 is 22.2 Å². The molecule has 1 N–H and O–H groups in total. The lowest BCUT2D eigenvalue weighted by Crippen LogP contribution is -2.25. The zero-order chi connectivity index (χ0) is 28.3. The first-order chi connectivity index (χ1) is 20.6. The van der Waals surface area contributed by atoms with Crippen molar-refractivity contribution < 1.29 is 4.74 Å². The van der Waals surface area contributed by atoms with Crippen LogP contribution in [0.5, 0.6) is 11.5 Å². The summed E-state index contributed by atoms with van der Waals surface area (Å²) in [5, 5.41) is 6.12.